The van der Waals surface area contributed by atoms with Crippen LogP contribution in [0.5, 0.6) is 0 Å². The molecule has 2 aromatic heterocycles. The number of hydrogen-bond acceptors (Lipinski definition) is 4. The van der Waals surface area contributed by atoms with Gasteiger partial charge in [0.2, 0.25) is 0 Å². The molecule has 0 bridgehead atoms. The van der Waals surface area contributed by atoms with Crippen LogP contribution in [0.1, 0.15) is 29.4 Å². The highest BCUT2D eigenvalue weighted by Gasteiger charge is 2.20. The molecule has 0 saturated heterocycles. The highest BCUT2D eigenvalue weighted by molar-refractivity contribution is 7.27. The van der Waals surface area contributed by atoms with Crippen molar-refractivity contribution in [3.63, 3.8) is 0 Å². The van der Waals surface area contributed by atoms with Crippen molar-refractivity contribution in [2.24, 2.45) is 5.92 Å². The lowest BCUT2D eigenvalue weighted by molar-refractivity contribution is 0.0948. The van der Waals surface area contributed by atoms with E-state index in [1.54, 1.807) is 11.3 Å². The van der Waals surface area contributed by atoms with Gasteiger partial charge in [0.15, 0.2) is 5.78 Å². The zero-order valence-electron chi connectivity index (χ0n) is 8.90. The number of ketones is 1. The molecule has 0 aromatic carbocycles. The SMILES string of the molecule is CCCC(C#N)C(=O)c1cc2sccc2s1. The Hall–Kier alpha value is -1.18. The van der Waals surface area contributed by atoms with Gasteiger partial charge in [-0.05, 0) is 23.9 Å². The second-order valence-corrected chi connectivity index (χ2v) is 5.63. The Morgan fingerprint density at radius 2 is 2.38 bits per heavy atom. The first-order chi connectivity index (χ1) is 7.76. The summed E-state index contributed by atoms with van der Waals surface area (Å²) in [5.74, 6) is -0.490. The average molecular weight is 249 g/mol. The van der Waals surface area contributed by atoms with Gasteiger partial charge in [-0.2, -0.15) is 5.26 Å². The number of rotatable bonds is 4. The molecule has 1 unspecified atom stereocenters. The van der Waals surface area contributed by atoms with Crippen LogP contribution in [0.25, 0.3) is 9.40 Å². The highest BCUT2D eigenvalue weighted by atomic mass is 32.1. The van der Waals surface area contributed by atoms with Crippen molar-refractivity contribution in [1.82, 2.24) is 0 Å². The number of hydrogen-bond donors (Lipinski definition) is 0. The minimum absolute atomic E-state index is 0.0160. The van der Waals surface area contributed by atoms with Crippen molar-refractivity contribution in [3.8, 4) is 6.07 Å². The fourth-order valence-electron chi connectivity index (χ4n) is 1.60. The van der Waals surface area contributed by atoms with E-state index in [0.29, 0.717) is 6.42 Å². The number of carbonyl (C=O) groups excluding carboxylic acids is 1. The molecule has 2 nitrogen and oxygen atoms in total. The minimum Gasteiger partial charge on any atom is -0.292 e. The maximum atomic E-state index is 12.0. The molecular weight excluding hydrogens is 238 g/mol. The lowest BCUT2D eigenvalue weighted by Crippen LogP contribution is -2.11. The lowest BCUT2D eigenvalue weighted by Gasteiger charge is -2.03. The molecule has 0 aliphatic carbocycles. The van der Waals surface area contributed by atoms with Gasteiger partial charge in [0, 0.05) is 9.40 Å². The quantitative estimate of drug-likeness (QED) is 0.766. The van der Waals surface area contributed by atoms with Crippen molar-refractivity contribution in [2.75, 3.05) is 0 Å². The molecule has 0 N–H and O–H groups in total. The monoisotopic (exact) mass is 249 g/mol. The third-order valence-electron chi connectivity index (χ3n) is 2.43. The lowest BCUT2D eigenvalue weighted by atomic mass is 9.99. The van der Waals surface area contributed by atoms with Gasteiger partial charge in [-0.3, -0.25) is 4.79 Å². The summed E-state index contributed by atoms with van der Waals surface area (Å²) < 4.78 is 2.28. The fourth-order valence-corrected chi connectivity index (χ4v) is 3.70. The van der Waals surface area contributed by atoms with E-state index in [9.17, 15) is 4.79 Å². The van der Waals surface area contributed by atoms with Gasteiger partial charge < -0.3 is 0 Å². The number of thiophene rings is 2. The summed E-state index contributed by atoms with van der Waals surface area (Å²) in [6, 6.07) is 6.02. The summed E-state index contributed by atoms with van der Waals surface area (Å²) in [4.78, 5) is 12.7. The third kappa shape index (κ3) is 2.01. The standard InChI is InChI=1S/C12H11NOS2/c1-2-3-8(7-13)12(14)11-6-10-9(16-11)4-5-15-10/h4-6,8H,2-3H2,1H3. The molecule has 0 fully saturated rings. The van der Waals surface area contributed by atoms with E-state index in [0.717, 1.165) is 20.7 Å². The summed E-state index contributed by atoms with van der Waals surface area (Å²) in [5.41, 5.74) is 0. The average Bonchev–Trinajstić information content (AvgIpc) is 2.84. The summed E-state index contributed by atoms with van der Waals surface area (Å²) >= 11 is 3.12. The molecule has 0 spiro atoms. The number of nitrogens with zero attached hydrogens (tertiary/aromatic N) is 1. The Morgan fingerprint density at radius 1 is 1.56 bits per heavy atom. The van der Waals surface area contributed by atoms with Gasteiger partial charge in [0.1, 0.15) is 5.92 Å². The molecule has 0 radical (unpaired) electrons. The Kier molecular flexibility index (Phi) is 3.37. The van der Waals surface area contributed by atoms with E-state index < -0.39 is 5.92 Å². The van der Waals surface area contributed by atoms with Gasteiger partial charge in [0.25, 0.3) is 0 Å². The summed E-state index contributed by atoms with van der Waals surface area (Å²) in [6.07, 6.45) is 1.52. The van der Waals surface area contributed by atoms with Gasteiger partial charge in [-0.1, -0.05) is 13.3 Å². The number of fused-ring (bicyclic) bond motifs is 1. The van der Waals surface area contributed by atoms with Crippen LogP contribution in [0.15, 0.2) is 17.5 Å². The molecule has 16 heavy (non-hydrogen) atoms. The first kappa shape index (κ1) is 11.3. The van der Waals surface area contributed by atoms with Crippen molar-refractivity contribution < 1.29 is 4.79 Å². The normalized spacial score (nSPS) is 12.5. The van der Waals surface area contributed by atoms with Gasteiger partial charge >= 0.3 is 0 Å². The maximum Gasteiger partial charge on any atom is 0.189 e. The molecule has 1 atom stereocenters. The summed E-state index contributed by atoms with van der Waals surface area (Å²) in [7, 11) is 0. The van der Waals surface area contributed by atoms with E-state index in [2.05, 4.69) is 6.07 Å². The first-order valence-corrected chi connectivity index (χ1v) is 6.86. The minimum atomic E-state index is -0.474. The van der Waals surface area contributed by atoms with E-state index in [1.807, 2.05) is 24.4 Å². The van der Waals surface area contributed by atoms with Crippen molar-refractivity contribution in [2.45, 2.75) is 19.8 Å². The van der Waals surface area contributed by atoms with E-state index in [4.69, 9.17) is 5.26 Å². The predicted octanol–water partition coefficient (Wildman–Crippen LogP) is 4.09. The smallest absolute Gasteiger partial charge is 0.189 e. The van der Waals surface area contributed by atoms with Crippen molar-refractivity contribution >= 4 is 37.9 Å². The Bertz CT molecular complexity index is 518. The summed E-state index contributed by atoms with van der Waals surface area (Å²) in [5, 5.41) is 11.0. The van der Waals surface area contributed by atoms with E-state index in [1.165, 1.54) is 11.3 Å². The largest absolute Gasteiger partial charge is 0.292 e. The zero-order valence-corrected chi connectivity index (χ0v) is 10.5. The van der Waals surface area contributed by atoms with Crippen LogP contribution >= 0.6 is 22.7 Å². The number of carbonyl (C=O) groups is 1. The predicted molar refractivity (Wildman–Crippen MR) is 68.0 cm³/mol. The summed E-state index contributed by atoms with van der Waals surface area (Å²) in [6.45, 7) is 1.99. The Morgan fingerprint density at radius 3 is 3.00 bits per heavy atom. The van der Waals surface area contributed by atoms with Gasteiger partial charge in [-0.15, -0.1) is 22.7 Å². The Labute approximate surface area is 102 Å². The van der Waals surface area contributed by atoms with Gasteiger partial charge in [-0.25, -0.2) is 0 Å². The molecule has 4 heteroatoms. The van der Waals surface area contributed by atoms with Crippen LogP contribution in [-0.2, 0) is 0 Å². The molecule has 82 valence electrons. The molecule has 2 aromatic rings. The van der Waals surface area contributed by atoms with Crippen LogP contribution in [0, 0.1) is 17.2 Å². The number of nitriles is 1. The Balaban J connectivity index is 2.27. The first-order valence-electron chi connectivity index (χ1n) is 5.17. The number of Topliss-reactive ketones (excluding diaryl/α,β-unsaturated/α-hetero) is 1. The van der Waals surface area contributed by atoms with Crippen LogP contribution in [0.2, 0.25) is 0 Å². The fraction of sp³-hybridized carbons (Fsp3) is 0.333. The van der Waals surface area contributed by atoms with Crippen LogP contribution in [-0.4, -0.2) is 5.78 Å². The van der Waals surface area contributed by atoms with E-state index in [-0.39, 0.29) is 5.78 Å². The molecule has 0 saturated carbocycles. The highest BCUT2D eigenvalue weighted by Crippen LogP contribution is 2.31. The van der Waals surface area contributed by atoms with Crippen molar-refractivity contribution in [1.29, 1.82) is 5.26 Å². The second-order valence-electron chi connectivity index (χ2n) is 3.59. The maximum absolute atomic E-state index is 12.0. The molecule has 0 aliphatic rings. The van der Waals surface area contributed by atoms with Crippen molar-refractivity contribution in [3.05, 3.63) is 22.4 Å². The van der Waals surface area contributed by atoms with E-state index >= 15 is 0 Å². The zero-order chi connectivity index (χ0) is 11.5. The van der Waals surface area contributed by atoms with Crippen LogP contribution < -0.4 is 0 Å². The molecule has 2 rings (SSSR count). The third-order valence-corrected chi connectivity index (χ3v) is 4.54. The molecule has 0 amide bonds. The molecule has 0 aliphatic heterocycles. The van der Waals surface area contributed by atoms with Gasteiger partial charge in [0.05, 0.1) is 10.9 Å². The molecular formula is C12H11NOS2. The molecule has 2 heterocycles. The topological polar surface area (TPSA) is 40.9 Å². The second kappa shape index (κ2) is 4.77. The van der Waals surface area contributed by atoms with Crippen LogP contribution in [0.4, 0.5) is 0 Å². The van der Waals surface area contributed by atoms with Crippen LogP contribution in [0.3, 0.4) is 0 Å².